The molecule has 0 amide bonds. The fourth-order valence-corrected chi connectivity index (χ4v) is 2.28. The first-order valence-corrected chi connectivity index (χ1v) is 7.23. The van der Waals surface area contributed by atoms with Crippen molar-refractivity contribution in [2.24, 2.45) is 5.73 Å². The van der Waals surface area contributed by atoms with Gasteiger partial charge in [0.1, 0.15) is 5.75 Å². The fourth-order valence-electron chi connectivity index (χ4n) is 2.28. The molecule has 0 aromatic heterocycles. The zero-order valence-electron chi connectivity index (χ0n) is 12.1. The molecule has 2 nitrogen and oxygen atoms in total. The molecule has 2 N–H and O–H groups in total. The van der Waals surface area contributed by atoms with Crippen molar-refractivity contribution in [2.45, 2.75) is 32.2 Å². The number of para-hydroxylation sites is 1. The molecular formula is C18H23NO. The largest absolute Gasteiger partial charge is 0.494 e. The molecule has 2 aromatic rings. The van der Waals surface area contributed by atoms with Gasteiger partial charge in [0.2, 0.25) is 0 Å². The molecule has 2 aromatic carbocycles. The van der Waals surface area contributed by atoms with E-state index in [-0.39, 0.29) is 6.04 Å². The van der Waals surface area contributed by atoms with E-state index in [1.54, 1.807) is 0 Å². The molecule has 2 rings (SSSR count). The third-order valence-electron chi connectivity index (χ3n) is 3.47. The van der Waals surface area contributed by atoms with Gasteiger partial charge in [-0.1, -0.05) is 42.5 Å². The molecule has 0 aliphatic heterocycles. The van der Waals surface area contributed by atoms with Gasteiger partial charge in [-0.2, -0.15) is 0 Å². The summed E-state index contributed by atoms with van der Waals surface area (Å²) >= 11 is 0. The molecule has 0 heterocycles. The van der Waals surface area contributed by atoms with Crippen LogP contribution in [0.1, 0.15) is 24.0 Å². The Balaban J connectivity index is 1.68. The summed E-state index contributed by atoms with van der Waals surface area (Å²) in [5.41, 5.74) is 8.87. The lowest BCUT2D eigenvalue weighted by atomic mass is 9.99. The topological polar surface area (TPSA) is 35.2 Å². The summed E-state index contributed by atoms with van der Waals surface area (Å²) in [6, 6.07) is 18.6. The van der Waals surface area contributed by atoms with Gasteiger partial charge in [-0.3, -0.25) is 0 Å². The van der Waals surface area contributed by atoms with Crippen molar-refractivity contribution in [1.29, 1.82) is 0 Å². The van der Waals surface area contributed by atoms with E-state index < -0.39 is 0 Å². The van der Waals surface area contributed by atoms with Crippen molar-refractivity contribution >= 4 is 0 Å². The van der Waals surface area contributed by atoms with Crippen LogP contribution in [-0.2, 0) is 6.42 Å². The van der Waals surface area contributed by atoms with E-state index in [0.29, 0.717) is 0 Å². The van der Waals surface area contributed by atoms with Crippen LogP contribution in [-0.4, -0.2) is 12.6 Å². The quantitative estimate of drug-likeness (QED) is 0.777. The lowest BCUT2D eigenvalue weighted by Gasteiger charge is -2.13. The molecule has 0 aliphatic carbocycles. The Bertz CT molecular complexity index is 510. The Hall–Kier alpha value is -1.80. The van der Waals surface area contributed by atoms with Crippen LogP contribution in [0.3, 0.4) is 0 Å². The Morgan fingerprint density at radius 2 is 1.70 bits per heavy atom. The highest BCUT2D eigenvalue weighted by Gasteiger charge is 2.06. The van der Waals surface area contributed by atoms with Crippen LogP contribution < -0.4 is 10.5 Å². The molecule has 0 bridgehead atoms. The van der Waals surface area contributed by atoms with E-state index >= 15 is 0 Å². The number of benzene rings is 2. The average molecular weight is 269 g/mol. The van der Waals surface area contributed by atoms with Crippen LogP contribution in [0.4, 0.5) is 0 Å². The highest BCUT2D eigenvalue weighted by molar-refractivity contribution is 5.26. The smallest absolute Gasteiger partial charge is 0.119 e. The monoisotopic (exact) mass is 269 g/mol. The van der Waals surface area contributed by atoms with Crippen LogP contribution in [0.25, 0.3) is 0 Å². The predicted molar refractivity (Wildman–Crippen MR) is 84.0 cm³/mol. The Morgan fingerprint density at radius 3 is 2.45 bits per heavy atom. The van der Waals surface area contributed by atoms with Gasteiger partial charge in [-0.05, 0) is 49.4 Å². The van der Waals surface area contributed by atoms with Crippen molar-refractivity contribution in [3.05, 3.63) is 65.7 Å². The Labute approximate surface area is 121 Å². The number of rotatable bonds is 7. The SMILES string of the molecule is Cc1ccccc1CC(N)CCCOc1ccccc1. The number of hydrogen-bond acceptors (Lipinski definition) is 2. The lowest BCUT2D eigenvalue weighted by molar-refractivity contribution is 0.301. The highest BCUT2D eigenvalue weighted by atomic mass is 16.5. The number of aryl methyl sites for hydroxylation is 1. The molecule has 1 atom stereocenters. The summed E-state index contributed by atoms with van der Waals surface area (Å²) in [5.74, 6) is 0.931. The fraction of sp³-hybridized carbons (Fsp3) is 0.333. The molecule has 0 saturated carbocycles. The van der Waals surface area contributed by atoms with E-state index in [9.17, 15) is 0 Å². The molecule has 0 spiro atoms. The first kappa shape index (κ1) is 14.6. The van der Waals surface area contributed by atoms with Crippen LogP contribution >= 0.6 is 0 Å². The van der Waals surface area contributed by atoms with Gasteiger partial charge in [0, 0.05) is 6.04 Å². The van der Waals surface area contributed by atoms with E-state index in [2.05, 4.69) is 31.2 Å². The maximum atomic E-state index is 6.20. The number of ether oxygens (including phenoxy) is 1. The molecule has 0 radical (unpaired) electrons. The van der Waals surface area contributed by atoms with Gasteiger partial charge in [0.05, 0.1) is 6.61 Å². The van der Waals surface area contributed by atoms with E-state index in [4.69, 9.17) is 10.5 Å². The molecule has 20 heavy (non-hydrogen) atoms. The first-order chi connectivity index (χ1) is 9.75. The molecule has 0 fully saturated rings. The highest BCUT2D eigenvalue weighted by Crippen LogP contribution is 2.12. The second-order valence-corrected chi connectivity index (χ2v) is 5.19. The van der Waals surface area contributed by atoms with Gasteiger partial charge in [-0.25, -0.2) is 0 Å². The van der Waals surface area contributed by atoms with Gasteiger partial charge in [0.25, 0.3) is 0 Å². The van der Waals surface area contributed by atoms with Crippen molar-refractivity contribution in [2.75, 3.05) is 6.61 Å². The predicted octanol–water partition coefficient (Wildman–Crippen LogP) is 3.72. The van der Waals surface area contributed by atoms with Gasteiger partial charge < -0.3 is 10.5 Å². The molecular weight excluding hydrogens is 246 g/mol. The first-order valence-electron chi connectivity index (χ1n) is 7.23. The molecule has 2 heteroatoms. The van der Waals surface area contributed by atoms with Crippen molar-refractivity contribution < 1.29 is 4.74 Å². The van der Waals surface area contributed by atoms with Crippen LogP contribution in [0.5, 0.6) is 5.75 Å². The normalized spacial score (nSPS) is 12.1. The molecule has 106 valence electrons. The Kier molecular flexibility index (Phi) is 5.63. The van der Waals surface area contributed by atoms with Crippen LogP contribution in [0.2, 0.25) is 0 Å². The summed E-state index contributed by atoms with van der Waals surface area (Å²) in [6.45, 7) is 2.87. The summed E-state index contributed by atoms with van der Waals surface area (Å²) in [4.78, 5) is 0. The van der Waals surface area contributed by atoms with E-state index in [0.717, 1.165) is 31.6 Å². The summed E-state index contributed by atoms with van der Waals surface area (Å²) in [7, 11) is 0. The molecule has 0 aliphatic rings. The zero-order chi connectivity index (χ0) is 14.2. The van der Waals surface area contributed by atoms with Crippen LogP contribution in [0, 0.1) is 6.92 Å². The minimum absolute atomic E-state index is 0.204. The van der Waals surface area contributed by atoms with Crippen molar-refractivity contribution in [1.82, 2.24) is 0 Å². The van der Waals surface area contributed by atoms with Crippen molar-refractivity contribution in [3.8, 4) is 5.75 Å². The second-order valence-electron chi connectivity index (χ2n) is 5.19. The van der Waals surface area contributed by atoms with E-state index in [1.807, 2.05) is 30.3 Å². The van der Waals surface area contributed by atoms with E-state index in [1.165, 1.54) is 11.1 Å². The average Bonchev–Trinajstić information content (AvgIpc) is 2.47. The molecule has 1 unspecified atom stereocenters. The van der Waals surface area contributed by atoms with Crippen molar-refractivity contribution in [3.63, 3.8) is 0 Å². The number of nitrogens with two attached hydrogens (primary N) is 1. The Morgan fingerprint density at radius 1 is 1.00 bits per heavy atom. The standard InChI is InChI=1S/C18H23NO/c1-15-8-5-6-9-16(15)14-17(19)10-7-13-20-18-11-3-2-4-12-18/h2-6,8-9,11-12,17H,7,10,13-14,19H2,1H3. The third kappa shape index (κ3) is 4.71. The van der Waals surface area contributed by atoms with Gasteiger partial charge >= 0.3 is 0 Å². The lowest BCUT2D eigenvalue weighted by Crippen LogP contribution is -2.23. The zero-order valence-corrected chi connectivity index (χ0v) is 12.1. The van der Waals surface area contributed by atoms with Crippen LogP contribution in [0.15, 0.2) is 54.6 Å². The maximum absolute atomic E-state index is 6.20. The second kappa shape index (κ2) is 7.71. The minimum atomic E-state index is 0.204. The molecule has 0 saturated heterocycles. The summed E-state index contributed by atoms with van der Waals surface area (Å²) < 4.78 is 5.67. The summed E-state index contributed by atoms with van der Waals surface area (Å²) in [5, 5.41) is 0. The summed E-state index contributed by atoms with van der Waals surface area (Å²) in [6.07, 6.45) is 2.92. The third-order valence-corrected chi connectivity index (χ3v) is 3.47. The minimum Gasteiger partial charge on any atom is -0.494 e. The number of hydrogen-bond donors (Lipinski definition) is 1. The maximum Gasteiger partial charge on any atom is 0.119 e. The van der Waals surface area contributed by atoms with Gasteiger partial charge in [0.15, 0.2) is 0 Å². The van der Waals surface area contributed by atoms with Gasteiger partial charge in [-0.15, -0.1) is 0 Å².